The van der Waals surface area contributed by atoms with Gasteiger partial charge in [-0.15, -0.1) is 0 Å². The van der Waals surface area contributed by atoms with Crippen molar-refractivity contribution in [3.8, 4) is 11.5 Å². The number of halogens is 1. The lowest BCUT2D eigenvalue weighted by atomic mass is 10.1. The van der Waals surface area contributed by atoms with Crippen LogP contribution in [-0.4, -0.2) is 4.92 Å². The molecule has 0 N–H and O–H groups in total. The van der Waals surface area contributed by atoms with Crippen LogP contribution in [0.2, 0.25) is 0 Å². The molecule has 0 unspecified atom stereocenters. The summed E-state index contributed by atoms with van der Waals surface area (Å²) in [6.45, 7) is 3.72. The number of nitro benzene ring substituents is 1. The predicted octanol–water partition coefficient (Wildman–Crippen LogP) is 4.90. The molecular formula is C15H14BrNO3. The lowest BCUT2D eigenvalue weighted by Gasteiger charge is -2.12. The van der Waals surface area contributed by atoms with Gasteiger partial charge in [-0.1, -0.05) is 40.2 Å². The molecule has 0 atom stereocenters. The molecular weight excluding hydrogens is 322 g/mol. The van der Waals surface area contributed by atoms with Gasteiger partial charge in [0.05, 0.1) is 4.92 Å². The molecule has 20 heavy (non-hydrogen) atoms. The second kappa shape index (κ2) is 6.05. The Kier molecular flexibility index (Phi) is 4.39. The van der Waals surface area contributed by atoms with Crippen molar-refractivity contribution in [1.29, 1.82) is 0 Å². The zero-order valence-corrected chi connectivity index (χ0v) is 12.8. The number of nitro groups is 1. The molecule has 4 nitrogen and oxygen atoms in total. The quantitative estimate of drug-likeness (QED) is 0.453. The van der Waals surface area contributed by atoms with E-state index in [1.807, 2.05) is 25.1 Å². The van der Waals surface area contributed by atoms with Gasteiger partial charge in [-0.05, 0) is 36.6 Å². The highest BCUT2D eigenvalue weighted by Crippen LogP contribution is 2.35. The number of hydrogen-bond acceptors (Lipinski definition) is 3. The SMILES string of the molecule is Cc1cc(CBr)ccc1Oc1c(C)cccc1[N+](=O)[O-]. The third-order valence-corrected chi connectivity index (χ3v) is 3.64. The standard InChI is InChI=1S/C15H14BrNO3/c1-10-4-3-5-13(17(18)19)15(10)20-14-7-6-12(9-16)8-11(14)2/h3-8H,9H2,1-2H3. The maximum absolute atomic E-state index is 11.1. The van der Waals surface area contributed by atoms with Crippen LogP contribution in [0.15, 0.2) is 36.4 Å². The summed E-state index contributed by atoms with van der Waals surface area (Å²) in [5.74, 6) is 0.930. The highest BCUT2D eigenvalue weighted by Gasteiger charge is 2.18. The van der Waals surface area contributed by atoms with E-state index in [1.165, 1.54) is 6.07 Å². The normalized spacial score (nSPS) is 10.3. The van der Waals surface area contributed by atoms with Gasteiger partial charge in [0, 0.05) is 11.4 Å². The minimum Gasteiger partial charge on any atom is -0.450 e. The number of rotatable bonds is 4. The van der Waals surface area contributed by atoms with Crippen LogP contribution in [0.25, 0.3) is 0 Å². The van der Waals surface area contributed by atoms with Crippen molar-refractivity contribution < 1.29 is 9.66 Å². The summed E-state index contributed by atoms with van der Waals surface area (Å²) in [7, 11) is 0. The molecule has 0 heterocycles. The molecule has 0 amide bonds. The van der Waals surface area contributed by atoms with Gasteiger partial charge >= 0.3 is 5.69 Å². The van der Waals surface area contributed by atoms with Crippen LogP contribution in [0.3, 0.4) is 0 Å². The summed E-state index contributed by atoms with van der Waals surface area (Å²) >= 11 is 3.40. The Hall–Kier alpha value is -1.88. The van der Waals surface area contributed by atoms with E-state index in [2.05, 4.69) is 15.9 Å². The summed E-state index contributed by atoms with van der Waals surface area (Å²) in [6, 6.07) is 10.7. The number of aryl methyl sites for hydroxylation is 2. The van der Waals surface area contributed by atoms with Crippen LogP contribution < -0.4 is 4.74 Å². The first-order valence-electron chi connectivity index (χ1n) is 6.10. The molecule has 0 saturated heterocycles. The Morgan fingerprint density at radius 3 is 2.55 bits per heavy atom. The van der Waals surface area contributed by atoms with Gasteiger partial charge < -0.3 is 4.74 Å². The molecule has 0 saturated carbocycles. The van der Waals surface area contributed by atoms with Crippen molar-refractivity contribution in [2.45, 2.75) is 19.2 Å². The minimum atomic E-state index is -0.426. The zero-order valence-electron chi connectivity index (χ0n) is 11.2. The van der Waals surface area contributed by atoms with Crippen molar-refractivity contribution in [2.24, 2.45) is 0 Å². The molecule has 0 fully saturated rings. The first kappa shape index (κ1) is 14.5. The van der Waals surface area contributed by atoms with Gasteiger partial charge in [-0.2, -0.15) is 0 Å². The fourth-order valence-electron chi connectivity index (χ4n) is 1.93. The summed E-state index contributed by atoms with van der Waals surface area (Å²) < 4.78 is 5.77. The van der Waals surface area contributed by atoms with Crippen molar-refractivity contribution in [3.05, 3.63) is 63.2 Å². The third-order valence-electron chi connectivity index (χ3n) is 2.99. The van der Waals surface area contributed by atoms with Gasteiger partial charge in [-0.3, -0.25) is 10.1 Å². The van der Waals surface area contributed by atoms with Gasteiger partial charge in [-0.25, -0.2) is 0 Å². The lowest BCUT2D eigenvalue weighted by Crippen LogP contribution is -1.97. The molecule has 0 radical (unpaired) electrons. The van der Waals surface area contributed by atoms with E-state index >= 15 is 0 Å². The number of nitrogens with zero attached hydrogens (tertiary/aromatic N) is 1. The molecule has 2 rings (SSSR count). The number of ether oxygens (including phenoxy) is 1. The van der Waals surface area contributed by atoms with Gasteiger partial charge in [0.1, 0.15) is 5.75 Å². The van der Waals surface area contributed by atoms with Crippen LogP contribution in [0, 0.1) is 24.0 Å². The molecule has 5 heteroatoms. The zero-order chi connectivity index (χ0) is 14.7. The number of hydrogen-bond donors (Lipinski definition) is 0. The first-order chi connectivity index (χ1) is 9.52. The third kappa shape index (κ3) is 2.99. The van der Waals surface area contributed by atoms with Crippen LogP contribution >= 0.6 is 15.9 Å². The van der Waals surface area contributed by atoms with Crippen LogP contribution in [0.1, 0.15) is 16.7 Å². The van der Waals surface area contributed by atoms with Crippen LogP contribution in [0.5, 0.6) is 11.5 Å². The fourth-order valence-corrected chi connectivity index (χ4v) is 2.28. The predicted molar refractivity (Wildman–Crippen MR) is 81.7 cm³/mol. The molecule has 2 aromatic rings. The average Bonchev–Trinajstić information content (AvgIpc) is 2.42. The van der Waals surface area contributed by atoms with E-state index < -0.39 is 4.92 Å². The van der Waals surface area contributed by atoms with Crippen molar-refractivity contribution in [3.63, 3.8) is 0 Å². The van der Waals surface area contributed by atoms with Crippen molar-refractivity contribution >= 4 is 21.6 Å². The van der Waals surface area contributed by atoms with Gasteiger partial charge in [0.2, 0.25) is 5.75 Å². The highest BCUT2D eigenvalue weighted by atomic mass is 79.9. The average molecular weight is 336 g/mol. The molecule has 0 aliphatic carbocycles. The van der Waals surface area contributed by atoms with Crippen molar-refractivity contribution in [1.82, 2.24) is 0 Å². The highest BCUT2D eigenvalue weighted by molar-refractivity contribution is 9.08. The number of benzene rings is 2. The summed E-state index contributed by atoms with van der Waals surface area (Å²) in [5.41, 5.74) is 2.80. The Balaban J connectivity index is 2.42. The fraction of sp³-hybridized carbons (Fsp3) is 0.200. The summed E-state index contributed by atoms with van der Waals surface area (Å²) in [5, 5.41) is 11.8. The molecule has 0 bridgehead atoms. The van der Waals surface area contributed by atoms with E-state index in [0.29, 0.717) is 11.5 Å². The van der Waals surface area contributed by atoms with E-state index in [9.17, 15) is 10.1 Å². The molecule has 0 aromatic heterocycles. The second-order valence-corrected chi connectivity index (χ2v) is 5.08. The van der Waals surface area contributed by atoms with E-state index in [0.717, 1.165) is 22.0 Å². The van der Waals surface area contributed by atoms with E-state index in [4.69, 9.17) is 4.74 Å². The Bertz CT molecular complexity index is 656. The molecule has 0 spiro atoms. The maximum Gasteiger partial charge on any atom is 0.311 e. The Morgan fingerprint density at radius 2 is 1.95 bits per heavy atom. The van der Waals surface area contributed by atoms with Gasteiger partial charge in [0.25, 0.3) is 0 Å². The molecule has 0 aliphatic rings. The number of alkyl halides is 1. The minimum absolute atomic E-state index is 0.0195. The number of para-hydroxylation sites is 1. The lowest BCUT2D eigenvalue weighted by molar-refractivity contribution is -0.385. The Morgan fingerprint density at radius 1 is 1.20 bits per heavy atom. The van der Waals surface area contributed by atoms with Crippen molar-refractivity contribution in [2.75, 3.05) is 0 Å². The summed E-state index contributed by atoms with van der Waals surface area (Å²) in [4.78, 5) is 10.6. The van der Waals surface area contributed by atoms with E-state index in [-0.39, 0.29) is 5.69 Å². The second-order valence-electron chi connectivity index (χ2n) is 4.52. The smallest absolute Gasteiger partial charge is 0.311 e. The van der Waals surface area contributed by atoms with E-state index in [1.54, 1.807) is 19.1 Å². The Labute approximate surface area is 125 Å². The van der Waals surface area contributed by atoms with Crippen LogP contribution in [0.4, 0.5) is 5.69 Å². The topological polar surface area (TPSA) is 52.4 Å². The largest absolute Gasteiger partial charge is 0.450 e. The monoisotopic (exact) mass is 335 g/mol. The molecule has 2 aromatic carbocycles. The molecule has 0 aliphatic heterocycles. The molecule has 104 valence electrons. The first-order valence-corrected chi connectivity index (χ1v) is 7.22. The maximum atomic E-state index is 11.1. The van der Waals surface area contributed by atoms with Gasteiger partial charge in [0.15, 0.2) is 0 Å². The van der Waals surface area contributed by atoms with Crippen LogP contribution in [-0.2, 0) is 5.33 Å². The summed E-state index contributed by atoms with van der Waals surface area (Å²) in [6.07, 6.45) is 0.